The summed E-state index contributed by atoms with van der Waals surface area (Å²) in [5.74, 6) is -1.24. The second-order valence-electron chi connectivity index (χ2n) is 14.8. The summed E-state index contributed by atoms with van der Waals surface area (Å²) in [4.78, 5) is 23.2. The van der Waals surface area contributed by atoms with Crippen molar-refractivity contribution in [2.24, 2.45) is 33.5 Å². The standard InChI is InChI=1S/C36H38F2N4O3S/c1-32-10-5-23(43)18-34(32)13-14-36(24(19-34)29(44)22-3-4-25(37)26(38)17-22)27(32)6-11-33(2)28(36)7-12-35(33,45)20-46-31-40-30(41-42-31)21-8-15-39-16-9-21/h3-4,8-9,13-17,19,23,27-28,43,45H,5-7,10-12,18,20H2,1-2H3,(H,40,41,42)/t23?,27-,28-,32-,33+,34+,35-,36-/m1/s1. The molecule has 2 spiro atoms. The number of pyridine rings is 1. The number of carbonyl (C=O) groups is 1. The van der Waals surface area contributed by atoms with Crippen LogP contribution in [0, 0.1) is 45.1 Å². The van der Waals surface area contributed by atoms with E-state index < -0.39 is 39.6 Å². The van der Waals surface area contributed by atoms with Gasteiger partial charge in [-0.1, -0.05) is 43.8 Å². The summed E-state index contributed by atoms with van der Waals surface area (Å²) in [6, 6.07) is 7.11. The number of benzene rings is 1. The minimum Gasteiger partial charge on any atom is -0.393 e. The zero-order valence-corrected chi connectivity index (χ0v) is 26.8. The Morgan fingerprint density at radius 2 is 1.74 bits per heavy atom. The normalized spacial score (nSPS) is 39.0. The van der Waals surface area contributed by atoms with Crippen molar-refractivity contribution in [2.75, 3.05) is 5.75 Å². The number of nitrogens with zero attached hydrogens (tertiary/aromatic N) is 3. The first kappa shape index (κ1) is 30.1. The van der Waals surface area contributed by atoms with Gasteiger partial charge in [-0.15, -0.1) is 5.10 Å². The third-order valence-electron chi connectivity index (χ3n) is 13.0. The van der Waals surface area contributed by atoms with E-state index in [9.17, 15) is 23.8 Å². The van der Waals surface area contributed by atoms with Gasteiger partial charge in [-0.05, 0) is 92.5 Å². The third-order valence-corrected chi connectivity index (χ3v) is 14.1. The number of aromatic nitrogens is 4. The van der Waals surface area contributed by atoms with Crippen molar-refractivity contribution in [2.45, 2.75) is 75.7 Å². The molecule has 1 aromatic carbocycles. The van der Waals surface area contributed by atoms with Crippen LogP contribution in [-0.4, -0.2) is 53.6 Å². The predicted molar refractivity (Wildman–Crippen MR) is 170 cm³/mol. The Bertz CT molecular complexity index is 1800. The molecule has 6 aliphatic carbocycles. The van der Waals surface area contributed by atoms with E-state index in [1.165, 1.54) is 17.8 Å². The molecule has 46 heavy (non-hydrogen) atoms. The van der Waals surface area contributed by atoms with E-state index in [4.69, 9.17) is 0 Å². The third kappa shape index (κ3) is 3.95. The average molecular weight is 645 g/mol. The lowest BCUT2D eigenvalue weighted by Crippen LogP contribution is -2.67. The van der Waals surface area contributed by atoms with E-state index in [2.05, 4.69) is 52.2 Å². The number of aliphatic hydroxyl groups excluding tert-OH is 1. The number of H-pyrrole nitrogens is 1. The molecule has 0 radical (unpaired) electrons. The molecule has 1 unspecified atom stereocenters. The summed E-state index contributed by atoms with van der Waals surface area (Å²) in [7, 11) is 0. The number of Topliss-reactive ketones (excluding diaryl/α,β-unsaturated/α-hetero) is 1. The van der Waals surface area contributed by atoms with Gasteiger partial charge in [0.15, 0.2) is 23.2 Å². The quantitative estimate of drug-likeness (QED) is 0.155. The lowest BCUT2D eigenvalue weighted by Gasteiger charge is -2.71. The molecule has 3 N–H and O–H groups in total. The smallest absolute Gasteiger partial charge is 0.208 e. The minimum absolute atomic E-state index is 0.0532. The van der Waals surface area contributed by atoms with Gasteiger partial charge in [0.1, 0.15) is 0 Å². The van der Waals surface area contributed by atoms with Gasteiger partial charge in [-0.2, -0.15) is 0 Å². The molecule has 3 aromatic rings. The summed E-state index contributed by atoms with van der Waals surface area (Å²) < 4.78 is 28.4. The van der Waals surface area contributed by atoms with E-state index in [-0.39, 0.29) is 28.6 Å². The molecule has 2 bridgehead atoms. The number of hydrogen-bond acceptors (Lipinski definition) is 7. The molecule has 3 fully saturated rings. The second-order valence-corrected chi connectivity index (χ2v) is 15.7. The average Bonchev–Trinajstić information content (AvgIpc) is 3.64. The monoisotopic (exact) mass is 644 g/mol. The minimum atomic E-state index is -1.05. The highest BCUT2D eigenvalue weighted by atomic mass is 32.2. The molecule has 9 rings (SSSR count). The Hall–Kier alpha value is -3.21. The molecule has 6 aliphatic rings. The van der Waals surface area contributed by atoms with E-state index in [1.54, 1.807) is 12.4 Å². The van der Waals surface area contributed by atoms with Crippen molar-refractivity contribution < 1.29 is 23.8 Å². The number of hydrogen-bond donors (Lipinski definition) is 3. The molecule has 240 valence electrons. The maximum atomic E-state index is 14.5. The fourth-order valence-corrected chi connectivity index (χ4v) is 11.6. The molecule has 2 aromatic heterocycles. The molecule has 0 saturated heterocycles. The van der Waals surface area contributed by atoms with Gasteiger partial charge in [0.2, 0.25) is 5.16 Å². The van der Waals surface area contributed by atoms with Crippen LogP contribution in [0.4, 0.5) is 8.78 Å². The first-order valence-corrected chi connectivity index (χ1v) is 17.2. The van der Waals surface area contributed by atoms with Crippen LogP contribution in [0.3, 0.4) is 0 Å². The second kappa shape index (κ2) is 10.1. The number of thioether (sulfide) groups is 1. The van der Waals surface area contributed by atoms with Crippen LogP contribution >= 0.6 is 11.8 Å². The zero-order chi connectivity index (χ0) is 32.1. The van der Waals surface area contributed by atoms with Crippen LogP contribution in [0.1, 0.15) is 69.2 Å². The number of allylic oxidation sites excluding steroid dienone is 4. The number of aromatic amines is 1. The van der Waals surface area contributed by atoms with Gasteiger partial charge in [-0.25, -0.2) is 13.8 Å². The van der Waals surface area contributed by atoms with Crippen molar-refractivity contribution in [3.63, 3.8) is 0 Å². The summed E-state index contributed by atoms with van der Waals surface area (Å²) in [5.41, 5.74) is -1.32. The van der Waals surface area contributed by atoms with Crippen molar-refractivity contribution in [3.05, 3.63) is 83.7 Å². The Morgan fingerprint density at radius 3 is 2.52 bits per heavy atom. The topological polar surface area (TPSA) is 112 Å². The van der Waals surface area contributed by atoms with Gasteiger partial charge >= 0.3 is 0 Å². The maximum absolute atomic E-state index is 14.5. The van der Waals surface area contributed by atoms with Crippen LogP contribution in [0.5, 0.6) is 0 Å². The number of carbonyl (C=O) groups excluding carboxylic acids is 1. The summed E-state index contributed by atoms with van der Waals surface area (Å²) in [6.45, 7) is 4.49. The van der Waals surface area contributed by atoms with Gasteiger partial charge in [0, 0.05) is 51.1 Å². The molecule has 7 nitrogen and oxygen atoms in total. The highest BCUT2D eigenvalue weighted by Crippen LogP contribution is 2.78. The number of halogens is 2. The van der Waals surface area contributed by atoms with Crippen LogP contribution in [0.15, 0.2) is 71.7 Å². The SMILES string of the molecule is C[C@]12CC[C@H]3[C@]4(C=C[C@@]5(C=C4C(=O)c4ccc(F)c(F)c4)CC(O)CC[C@]35C)[C@@H]1CC[C@@]2(O)CSc1n[nH]c(-c2ccncc2)n1. The van der Waals surface area contributed by atoms with Gasteiger partial charge in [0.25, 0.3) is 0 Å². The molecule has 10 heteroatoms. The van der Waals surface area contributed by atoms with E-state index in [0.29, 0.717) is 41.6 Å². The van der Waals surface area contributed by atoms with Crippen molar-refractivity contribution in [3.8, 4) is 11.4 Å². The molecule has 0 aliphatic heterocycles. The van der Waals surface area contributed by atoms with Gasteiger partial charge in [0.05, 0.1) is 11.7 Å². The molecule has 2 heterocycles. The van der Waals surface area contributed by atoms with Gasteiger partial charge in [-0.3, -0.25) is 14.9 Å². The number of rotatable bonds is 6. The Balaban J connectivity index is 1.17. The van der Waals surface area contributed by atoms with Crippen LogP contribution in [0.25, 0.3) is 11.4 Å². The van der Waals surface area contributed by atoms with E-state index >= 15 is 0 Å². The maximum Gasteiger partial charge on any atom is 0.208 e. The summed E-state index contributed by atoms with van der Waals surface area (Å²) in [6.07, 6.45) is 14.4. The van der Waals surface area contributed by atoms with Crippen molar-refractivity contribution in [1.82, 2.24) is 20.2 Å². The van der Waals surface area contributed by atoms with Crippen LogP contribution in [0.2, 0.25) is 0 Å². The molecule has 3 saturated carbocycles. The number of fused-ring (bicyclic) bond motifs is 1. The Morgan fingerprint density at radius 1 is 1.00 bits per heavy atom. The lowest BCUT2D eigenvalue weighted by molar-refractivity contribution is -0.166. The first-order valence-electron chi connectivity index (χ1n) is 16.2. The summed E-state index contributed by atoms with van der Waals surface area (Å²) in [5, 5.41) is 31.4. The Labute approximate surface area is 271 Å². The fourth-order valence-electron chi connectivity index (χ4n) is 10.5. The molecular weight excluding hydrogens is 606 g/mol. The Kier molecular flexibility index (Phi) is 6.65. The van der Waals surface area contributed by atoms with E-state index in [1.807, 2.05) is 12.1 Å². The number of nitrogens with one attached hydrogen (secondary N) is 1. The van der Waals surface area contributed by atoms with Crippen LogP contribution < -0.4 is 0 Å². The highest BCUT2D eigenvalue weighted by molar-refractivity contribution is 7.99. The molecular formula is C36H38F2N4O3S. The van der Waals surface area contributed by atoms with Crippen LogP contribution in [-0.2, 0) is 0 Å². The fraction of sp³-hybridized carbons (Fsp3) is 0.500. The van der Waals surface area contributed by atoms with Gasteiger partial charge < -0.3 is 10.2 Å². The van der Waals surface area contributed by atoms with Crippen molar-refractivity contribution in [1.29, 1.82) is 0 Å². The zero-order valence-electron chi connectivity index (χ0n) is 26.0. The summed E-state index contributed by atoms with van der Waals surface area (Å²) >= 11 is 1.43. The molecule has 8 atom stereocenters. The lowest BCUT2D eigenvalue weighted by atomic mass is 9.32. The molecule has 0 amide bonds. The predicted octanol–water partition coefficient (Wildman–Crippen LogP) is 6.71. The number of aliphatic hydroxyl groups is 2. The van der Waals surface area contributed by atoms with E-state index in [0.717, 1.165) is 43.4 Å². The number of ketones is 1. The van der Waals surface area contributed by atoms with Crippen molar-refractivity contribution >= 4 is 17.5 Å². The highest BCUT2D eigenvalue weighted by Gasteiger charge is 2.74. The largest absolute Gasteiger partial charge is 0.393 e. The first-order chi connectivity index (χ1) is 21.9.